The fraction of sp³-hybridized carbons (Fsp3) is 0.533. The molecule has 1 aromatic rings. The predicted molar refractivity (Wildman–Crippen MR) is 89.8 cm³/mol. The van der Waals surface area contributed by atoms with Gasteiger partial charge in [-0.15, -0.1) is 0 Å². The van der Waals surface area contributed by atoms with Gasteiger partial charge in [0.1, 0.15) is 0 Å². The van der Waals surface area contributed by atoms with E-state index in [1.807, 2.05) is 30.3 Å². The summed E-state index contributed by atoms with van der Waals surface area (Å²) in [4.78, 5) is 4.05. The fourth-order valence-corrected chi connectivity index (χ4v) is 3.32. The van der Waals surface area contributed by atoms with E-state index in [9.17, 15) is 8.42 Å². The van der Waals surface area contributed by atoms with E-state index in [0.717, 1.165) is 5.56 Å². The van der Waals surface area contributed by atoms with Gasteiger partial charge < -0.3 is 15.4 Å². The Morgan fingerprint density at radius 1 is 1.18 bits per heavy atom. The van der Waals surface area contributed by atoms with Crippen LogP contribution in [0.15, 0.2) is 35.3 Å². The molecule has 0 amide bonds. The second kappa shape index (κ2) is 10.2. The Bertz CT molecular complexity index is 544. The van der Waals surface area contributed by atoms with Crippen molar-refractivity contribution in [3.8, 4) is 0 Å². The Balaban J connectivity index is 2.28. The minimum absolute atomic E-state index is 0.0919. The van der Waals surface area contributed by atoms with Gasteiger partial charge in [0.05, 0.1) is 18.1 Å². The molecule has 0 bridgehead atoms. The molecule has 0 spiro atoms. The van der Waals surface area contributed by atoms with Gasteiger partial charge in [-0.1, -0.05) is 30.3 Å². The van der Waals surface area contributed by atoms with Gasteiger partial charge in [-0.3, -0.25) is 4.99 Å². The van der Waals surface area contributed by atoms with Crippen molar-refractivity contribution >= 4 is 15.8 Å². The highest BCUT2D eigenvalue weighted by Gasteiger charge is 2.11. The molecule has 0 unspecified atom stereocenters. The lowest BCUT2D eigenvalue weighted by atomic mass is 10.2. The van der Waals surface area contributed by atoms with Crippen LogP contribution in [0.25, 0.3) is 0 Å². The van der Waals surface area contributed by atoms with E-state index in [4.69, 9.17) is 4.74 Å². The number of benzene rings is 1. The zero-order valence-electron chi connectivity index (χ0n) is 13.2. The summed E-state index contributed by atoms with van der Waals surface area (Å²) >= 11 is 0. The van der Waals surface area contributed by atoms with Gasteiger partial charge in [-0.2, -0.15) is 0 Å². The van der Waals surface area contributed by atoms with Crippen molar-refractivity contribution < 1.29 is 13.2 Å². The summed E-state index contributed by atoms with van der Waals surface area (Å²) in [6.45, 7) is 1.80. The normalized spacial score (nSPS) is 12.2. The molecule has 0 aromatic heterocycles. The van der Waals surface area contributed by atoms with Crippen LogP contribution in [0.3, 0.4) is 0 Å². The molecule has 7 heteroatoms. The van der Waals surface area contributed by atoms with Gasteiger partial charge in [-0.25, -0.2) is 8.42 Å². The third-order valence-corrected chi connectivity index (χ3v) is 4.66. The van der Waals surface area contributed by atoms with Crippen LogP contribution in [-0.2, 0) is 20.3 Å². The molecule has 124 valence electrons. The molecule has 0 fully saturated rings. The Hall–Kier alpha value is -1.60. The molecule has 0 atom stereocenters. The standard InChI is InChI=1S/C15H25N3O3S/c1-16-15(18-10-11-21-2)17-9-6-12-22(19,20)13-14-7-4-3-5-8-14/h3-5,7-8H,6,9-13H2,1-2H3,(H2,16,17,18). The first-order valence-electron chi connectivity index (χ1n) is 7.25. The summed E-state index contributed by atoms with van der Waals surface area (Å²) in [6, 6.07) is 9.24. The molecular formula is C15H25N3O3S. The van der Waals surface area contributed by atoms with Gasteiger partial charge >= 0.3 is 0 Å². The third kappa shape index (κ3) is 7.99. The quantitative estimate of drug-likeness (QED) is 0.398. The summed E-state index contributed by atoms with van der Waals surface area (Å²) in [5, 5.41) is 6.16. The average molecular weight is 327 g/mol. The van der Waals surface area contributed by atoms with Crippen molar-refractivity contribution in [2.75, 3.05) is 39.6 Å². The highest BCUT2D eigenvalue weighted by Crippen LogP contribution is 2.06. The molecule has 6 nitrogen and oxygen atoms in total. The minimum atomic E-state index is -3.08. The molecule has 1 rings (SSSR count). The predicted octanol–water partition coefficient (Wildman–Crippen LogP) is 0.803. The molecule has 0 heterocycles. The highest BCUT2D eigenvalue weighted by atomic mass is 32.2. The maximum absolute atomic E-state index is 12.0. The maximum Gasteiger partial charge on any atom is 0.191 e. The first kappa shape index (κ1) is 18.4. The molecule has 0 aliphatic carbocycles. The van der Waals surface area contributed by atoms with Crippen molar-refractivity contribution in [1.29, 1.82) is 0 Å². The average Bonchev–Trinajstić information content (AvgIpc) is 2.50. The van der Waals surface area contributed by atoms with Crippen molar-refractivity contribution in [3.05, 3.63) is 35.9 Å². The number of nitrogens with one attached hydrogen (secondary N) is 2. The van der Waals surface area contributed by atoms with E-state index < -0.39 is 9.84 Å². The topological polar surface area (TPSA) is 79.8 Å². The van der Waals surface area contributed by atoms with E-state index in [-0.39, 0.29) is 11.5 Å². The SMILES string of the molecule is CN=C(NCCCS(=O)(=O)Cc1ccccc1)NCCOC. The lowest BCUT2D eigenvalue weighted by Gasteiger charge is -2.11. The van der Waals surface area contributed by atoms with Crippen LogP contribution in [-0.4, -0.2) is 54.0 Å². The second-order valence-electron chi connectivity index (χ2n) is 4.85. The van der Waals surface area contributed by atoms with E-state index in [1.165, 1.54) is 0 Å². The van der Waals surface area contributed by atoms with Crippen LogP contribution in [0.2, 0.25) is 0 Å². The number of hydrogen-bond donors (Lipinski definition) is 2. The molecule has 0 aliphatic rings. The minimum Gasteiger partial charge on any atom is -0.383 e. The second-order valence-corrected chi connectivity index (χ2v) is 7.03. The summed E-state index contributed by atoms with van der Waals surface area (Å²) in [6.07, 6.45) is 0.542. The first-order valence-corrected chi connectivity index (χ1v) is 9.07. The van der Waals surface area contributed by atoms with Gasteiger partial charge in [0.25, 0.3) is 0 Å². The number of guanidine groups is 1. The highest BCUT2D eigenvalue weighted by molar-refractivity contribution is 7.90. The van der Waals surface area contributed by atoms with Gasteiger partial charge in [0, 0.05) is 27.2 Å². The zero-order chi connectivity index (χ0) is 16.3. The summed E-state index contributed by atoms with van der Waals surface area (Å²) in [5.41, 5.74) is 0.826. The molecular weight excluding hydrogens is 302 g/mol. The van der Waals surface area contributed by atoms with E-state index in [1.54, 1.807) is 14.2 Å². The van der Waals surface area contributed by atoms with E-state index >= 15 is 0 Å². The number of aliphatic imine (C=N–C) groups is 1. The summed E-state index contributed by atoms with van der Waals surface area (Å²) in [7, 11) is 0.229. The van der Waals surface area contributed by atoms with E-state index in [2.05, 4.69) is 15.6 Å². The van der Waals surface area contributed by atoms with Gasteiger partial charge in [0.2, 0.25) is 0 Å². The lowest BCUT2D eigenvalue weighted by Crippen LogP contribution is -2.39. The third-order valence-electron chi connectivity index (χ3n) is 2.98. The lowest BCUT2D eigenvalue weighted by molar-refractivity contribution is 0.203. The molecule has 2 N–H and O–H groups in total. The number of rotatable bonds is 9. The molecule has 22 heavy (non-hydrogen) atoms. The van der Waals surface area contributed by atoms with Gasteiger partial charge in [0.15, 0.2) is 15.8 Å². The van der Waals surface area contributed by atoms with Gasteiger partial charge in [-0.05, 0) is 12.0 Å². The molecule has 0 saturated heterocycles. The van der Waals surface area contributed by atoms with Crippen LogP contribution in [0.5, 0.6) is 0 Å². The number of sulfone groups is 1. The smallest absolute Gasteiger partial charge is 0.191 e. The number of ether oxygens (including phenoxy) is 1. The van der Waals surface area contributed by atoms with Crippen molar-refractivity contribution in [2.45, 2.75) is 12.2 Å². The van der Waals surface area contributed by atoms with Crippen molar-refractivity contribution in [1.82, 2.24) is 10.6 Å². The first-order chi connectivity index (χ1) is 10.6. The van der Waals surface area contributed by atoms with Crippen LogP contribution < -0.4 is 10.6 Å². The van der Waals surface area contributed by atoms with Crippen LogP contribution in [0.1, 0.15) is 12.0 Å². The Kier molecular flexibility index (Phi) is 8.54. The van der Waals surface area contributed by atoms with E-state index in [0.29, 0.717) is 32.1 Å². The Labute approximate surface area is 132 Å². The number of hydrogen-bond acceptors (Lipinski definition) is 4. The maximum atomic E-state index is 12.0. The molecule has 1 aromatic carbocycles. The monoisotopic (exact) mass is 327 g/mol. The molecule has 0 saturated carbocycles. The Morgan fingerprint density at radius 3 is 2.50 bits per heavy atom. The zero-order valence-corrected chi connectivity index (χ0v) is 14.0. The molecule has 0 aliphatic heterocycles. The van der Waals surface area contributed by atoms with Crippen molar-refractivity contribution in [3.63, 3.8) is 0 Å². The molecule has 0 radical (unpaired) electrons. The number of methoxy groups -OCH3 is 1. The summed E-state index contributed by atoms with van der Waals surface area (Å²) < 4.78 is 29.0. The van der Waals surface area contributed by atoms with Crippen molar-refractivity contribution in [2.24, 2.45) is 4.99 Å². The number of nitrogens with zero attached hydrogens (tertiary/aromatic N) is 1. The Morgan fingerprint density at radius 2 is 1.86 bits per heavy atom. The van der Waals surface area contributed by atoms with Crippen LogP contribution in [0.4, 0.5) is 0 Å². The summed E-state index contributed by atoms with van der Waals surface area (Å²) in [5.74, 6) is 0.899. The fourth-order valence-electron chi connectivity index (χ4n) is 1.89. The van der Waals surface area contributed by atoms with Crippen LogP contribution in [0, 0.1) is 0 Å². The largest absolute Gasteiger partial charge is 0.383 e. The van der Waals surface area contributed by atoms with Crippen LogP contribution >= 0.6 is 0 Å².